The molecule has 17 aliphatic rings. The van der Waals surface area contributed by atoms with E-state index in [4.69, 9.17) is 30.0 Å². The summed E-state index contributed by atoms with van der Waals surface area (Å²) in [6, 6.07) is 30.7. The van der Waals surface area contributed by atoms with Crippen LogP contribution in [0.25, 0.3) is 0 Å². The highest BCUT2D eigenvalue weighted by Gasteiger charge is 2.26. The van der Waals surface area contributed by atoms with Crippen LogP contribution in [0.3, 0.4) is 0 Å². The molecule has 14 heterocycles. The van der Waals surface area contributed by atoms with Crippen molar-refractivity contribution >= 4 is 37.3 Å². The highest BCUT2D eigenvalue weighted by atomic mass is 16.3. The van der Waals surface area contributed by atoms with Crippen molar-refractivity contribution in [3.63, 3.8) is 0 Å². The molecule has 3 saturated carbocycles. The Kier molecular flexibility index (Phi) is 16.5. The Labute approximate surface area is 455 Å². The predicted molar refractivity (Wildman–Crippen MR) is 310 cm³/mol. The Balaban J connectivity index is 0.904. The summed E-state index contributed by atoms with van der Waals surface area (Å²) in [7, 11) is 0. The summed E-state index contributed by atoms with van der Waals surface area (Å²) in [5, 5.41) is 66.0. The Morgan fingerprint density at radius 1 is 0.244 bits per heavy atom. The second-order valence-corrected chi connectivity index (χ2v) is 20.3. The minimum absolute atomic E-state index is 0.0484. The zero-order valence-electron chi connectivity index (χ0n) is 43.2. The summed E-state index contributed by atoms with van der Waals surface area (Å²) in [5.41, 5.74) is 6.99. The van der Waals surface area contributed by atoms with E-state index in [1.54, 1.807) is 110 Å². The standard InChI is InChI=1S/C66H60N6O6/c73-61-31-43-13-14-45-21-27-51(63(75)33-45)39-69-57-9-3-4-10-58(57)71-41-53-29-23-47(35-65(53)77)17-18-48-24-30-54(66(78)36-48)42-72-60-12-6-5-11-59(60)70-40-52-28-22-46(34-64(52)76)16-15-44-20-26-50(62(74)32-44)38-68-56-8-2-1-7-55(56)67-37-49(61)25-19-43/h19-42,55-60,73-78H,1-12H2/t55-,56-,57-,58-,59-,60-/m1/s1. The van der Waals surface area contributed by atoms with Gasteiger partial charge in [0.25, 0.3) is 0 Å². The van der Waals surface area contributed by atoms with Gasteiger partial charge in [0.2, 0.25) is 0 Å². The van der Waals surface area contributed by atoms with E-state index in [1.165, 1.54) is 0 Å². The Morgan fingerprint density at radius 3 is 0.538 bits per heavy atom. The molecule has 6 aromatic rings. The summed E-state index contributed by atoms with van der Waals surface area (Å²) < 4.78 is 0. The van der Waals surface area contributed by atoms with Gasteiger partial charge in [-0.2, -0.15) is 0 Å². The zero-order chi connectivity index (χ0) is 53.8. The second kappa shape index (κ2) is 24.7. The van der Waals surface area contributed by atoms with Gasteiger partial charge in [0.15, 0.2) is 0 Å². The number of rotatable bonds is 0. The maximum Gasteiger partial charge on any atom is 0.125 e. The first-order chi connectivity index (χ1) is 38.1. The lowest BCUT2D eigenvalue weighted by Gasteiger charge is -2.25. The van der Waals surface area contributed by atoms with Gasteiger partial charge in [-0.15, -0.1) is 0 Å². The van der Waals surface area contributed by atoms with Crippen LogP contribution >= 0.6 is 0 Å². The molecule has 0 spiro atoms. The average Bonchev–Trinajstić information content (AvgIpc) is 3.45. The molecule has 3 aliphatic carbocycles. The van der Waals surface area contributed by atoms with E-state index in [1.807, 2.05) is 36.4 Å². The summed E-state index contributed by atoms with van der Waals surface area (Å²) in [6.45, 7) is 0. The number of aliphatic imine (C=N–C) groups is 6. The van der Waals surface area contributed by atoms with Crippen LogP contribution in [0.5, 0.6) is 34.5 Å². The Morgan fingerprint density at radius 2 is 0.397 bits per heavy atom. The fraction of sp³-hybridized carbons (Fsp3) is 0.273. The normalized spacial score (nSPS) is 21.2. The lowest BCUT2D eigenvalue weighted by atomic mass is 9.91. The molecule has 14 aliphatic heterocycles. The third kappa shape index (κ3) is 13.4. The van der Waals surface area contributed by atoms with E-state index in [2.05, 4.69) is 35.5 Å². The fourth-order valence-corrected chi connectivity index (χ4v) is 10.2. The van der Waals surface area contributed by atoms with Gasteiger partial charge in [-0.05, 0) is 148 Å². The summed E-state index contributed by atoms with van der Waals surface area (Å²) in [6.07, 6.45) is 21.3. The molecule has 12 nitrogen and oxygen atoms in total. The molecule has 3 fully saturated rings. The molecule has 0 aromatic heterocycles. The molecule has 390 valence electrons. The fourth-order valence-electron chi connectivity index (χ4n) is 10.2. The van der Waals surface area contributed by atoms with Crippen LogP contribution in [-0.2, 0) is 0 Å². The number of phenolic OH excluding ortho intramolecular Hbond substituents is 6. The molecule has 6 aromatic carbocycles. The van der Waals surface area contributed by atoms with E-state index in [0.29, 0.717) is 66.8 Å². The van der Waals surface area contributed by atoms with Crippen molar-refractivity contribution < 1.29 is 30.6 Å². The number of hydrogen-bond acceptors (Lipinski definition) is 12. The van der Waals surface area contributed by atoms with Gasteiger partial charge in [-0.1, -0.05) is 74.0 Å². The highest BCUT2D eigenvalue weighted by Crippen LogP contribution is 2.30. The van der Waals surface area contributed by atoms with Crippen molar-refractivity contribution in [1.29, 1.82) is 0 Å². The van der Waals surface area contributed by atoms with Gasteiger partial charge in [0.1, 0.15) is 34.5 Å². The molecular weight excluding hydrogens is 973 g/mol. The smallest absolute Gasteiger partial charge is 0.125 e. The first kappa shape index (κ1) is 52.3. The predicted octanol–water partition coefficient (Wildman–Crippen LogP) is 11.0. The van der Waals surface area contributed by atoms with Crippen molar-refractivity contribution in [3.05, 3.63) is 176 Å². The molecular formula is C66H60N6O6. The third-order valence-electron chi connectivity index (χ3n) is 14.7. The number of benzene rings is 6. The van der Waals surface area contributed by atoms with Crippen molar-refractivity contribution in [2.75, 3.05) is 0 Å². The van der Waals surface area contributed by atoms with Gasteiger partial charge in [0, 0.05) is 104 Å². The van der Waals surface area contributed by atoms with Gasteiger partial charge in [0.05, 0.1) is 36.3 Å². The molecule has 0 unspecified atom stereocenters. The van der Waals surface area contributed by atoms with Crippen LogP contribution in [0.15, 0.2) is 139 Å². The molecule has 0 radical (unpaired) electrons. The van der Waals surface area contributed by atoms with E-state index >= 15 is 0 Å². The van der Waals surface area contributed by atoms with Gasteiger partial charge in [-0.25, -0.2) is 0 Å². The van der Waals surface area contributed by atoms with Crippen LogP contribution in [0, 0.1) is 35.5 Å². The van der Waals surface area contributed by atoms with E-state index in [9.17, 15) is 30.6 Å². The first-order valence-corrected chi connectivity index (χ1v) is 26.8. The molecule has 6 atom stereocenters. The summed E-state index contributed by atoms with van der Waals surface area (Å²) >= 11 is 0. The van der Waals surface area contributed by atoms with Crippen LogP contribution < -0.4 is 0 Å². The quantitative estimate of drug-likeness (QED) is 0.0819. The minimum atomic E-state index is -0.102. The van der Waals surface area contributed by atoms with Gasteiger partial charge >= 0.3 is 0 Å². The van der Waals surface area contributed by atoms with Crippen molar-refractivity contribution in [1.82, 2.24) is 0 Å². The van der Waals surface area contributed by atoms with E-state index in [0.717, 1.165) is 77.0 Å². The van der Waals surface area contributed by atoms with Gasteiger partial charge in [-0.3, -0.25) is 30.0 Å². The Bertz CT molecular complexity index is 3000. The Hall–Kier alpha value is -9.18. The van der Waals surface area contributed by atoms with Gasteiger partial charge < -0.3 is 30.6 Å². The largest absolute Gasteiger partial charge is 0.507 e. The van der Waals surface area contributed by atoms with Crippen LogP contribution in [-0.4, -0.2) is 104 Å². The van der Waals surface area contributed by atoms with Crippen molar-refractivity contribution in [3.8, 4) is 70.0 Å². The summed E-state index contributed by atoms with van der Waals surface area (Å²) in [5.74, 6) is 18.8. The van der Waals surface area contributed by atoms with Crippen molar-refractivity contribution in [2.24, 2.45) is 30.0 Å². The number of nitrogens with zero attached hydrogens (tertiary/aromatic N) is 6. The molecule has 0 saturated heterocycles. The molecule has 23 rings (SSSR count). The van der Waals surface area contributed by atoms with Crippen LogP contribution in [0.1, 0.15) is 144 Å². The van der Waals surface area contributed by atoms with Crippen LogP contribution in [0.2, 0.25) is 0 Å². The molecule has 12 heteroatoms. The highest BCUT2D eigenvalue weighted by molar-refractivity contribution is 5.87. The van der Waals surface area contributed by atoms with Crippen LogP contribution in [0.4, 0.5) is 0 Å². The van der Waals surface area contributed by atoms with E-state index < -0.39 is 0 Å². The average molecular weight is 1030 g/mol. The lowest BCUT2D eigenvalue weighted by Crippen LogP contribution is -2.27. The number of hydrogen-bond donors (Lipinski definition) is 6. The first-order valence-electron chi connectivity index (χ1n) is 26.8. The number of phenols is 6. The number of aromatic hydroxyl groups is 6. The molecule has 6 N–H and O–H groups in total. The zero-order valence-corrected chi connectivity index (χ0v) is 43.2. The molecule has 78 heavy (non-hydrogen) atoms. The SMILES string of the molecule is Oc1cc2ccc1C=N[C@@H]1CCCC[C@H]1N=Cc1ccc(cc1O)C#Cc1ccc(c(O)c1)C=N[C@@H]1CCCC[C@H]1N=Cc1ccc(cc1O)C#Cc1ccc(c(O)c1)C=N[C@@H]1CCCC[C@H]1N=Cc1ccc(cc1O)C#C2. The monoisotopic (exact) mass is 1030 g/mol. The maximum absolute atomic E-state index is 11.0. The van der Waals surface area contributed by atoms with E-state index in [-0.39, 0.29) is 70.7 Å². The second-order valence-electron chi connectivity index (χ2n) is 20.3. The lowest BCUT2D eigenvalue weighted by molar-refractivity contribution is 0.390. The summed E-state index contributed by atoms with van der Waals surface area (Å²) in [4.78, 5) is 29.2. The minimum Gasteiger partial charge on any atom is -0.507 e. The maximum atomic E-state index is 11.0. The van der Waals surface area contributed by atoms with Crippen molar-refractivity contribution in [2.45, 2.75) is 113 Å². The molecule has 12 bridgehead atoms. The third-order valence-corrected chi connectivity index (χ3v) is 14.7. The molecule has 0 amide bonds. The topological polar surface area (TPSA) is 196 Å².